The molecule has 4 nitrogen and oxygen atoms in total. The molecule has 0 radical (unpaired) electrons. The third-order valence-electron chi connectivity index (χ3n) is 2.15. The zero-order valence-electron chi connectivity index (χ0n) is 8.75. The summed E-state index contributed by atoms with van der Waals surface area (Å²) in [5.41, 5.74) is 1.13. The van der Waals surface area contributed by atoms with Gasteiger partial charge >= 0.3 is 0 Å². The highest BCUT2D eigenvalue weighted by Gasteiger charge is 2.07. The minimum Gasteiger partial charge on any atom is -0.496 e. The van der Waals surface area contributed by atoms with Crippen molar-refractivity contribution in [3.05, 3.63) is 42.2 Å². The van der Waals surface area contributed by atoms with Crippen LogP contribution in [0.1, 0.15) is 10.5 Å². The van der Waals surface area contributed by atoms with Crippen LogP contribution in [0.15, 0.2) is 36.5 Å². The van der Waals surface area contributed by atoms with E-state index in [0.29, 0.717) is 23.6 Å². The molecule has 0 saturated carbocycles. The predicted molar refractivity (Wildman–Crippen MR) is 59.4 cm³/mol. The largest absolute Gasteiger partial charge is 0.496 e. The van der Waals surface area contributed by atoms with Crippen molar-refractivity contribution in [2.75, 3.05) is 7.11 Å². The molecule has 0 atom stereocenters. The minimum absolute atomic E-state index is 0.357. The Morgan fingerprint density at radius 1 is 1.25 bits per heavy atom. The van der Waals surface area contributed by atoms with Gasteiger partial charge in [0.15, 0.2) is 12.1 Å². The van der Waals surface area contributed by atoms with Crippen LogP contribution in [0.25, 0.3) is 11.4 Å². The first-order valence-corrected chi connectivity index (χ1v) is 4.77. The van der Waals surface area contributed by atoms with Gasteiger partial charge in [0, 0.05) is 6.20 Å². The maximum absolute atomic E-state index is 10.6. The van der Waals surface area contributed by atoms with Gasteiger partial charge in [0.05, 0.1) is 12.7 Å². The van der Waals surface area contributed by atoms with E-state index < -0.39 is 0 Å². The molecule has 0 aliphatic carbocycles. The van der Waals surface area contributed by atoms with Crippen molar-refractivity contribution < 1.29 is 9.53 Å². The number of para-hydroxylation sites is 1. The second-order valence-corrected chi connectivity index (χ2v) is 3.12. The van der Waals surface area contributed by atoms with E-state index >= 15 is 0 Å². The first kappa shape index (κ1) is 10.3. The van der Waals surface area contributed by atoms with E-state index in [1.165, 1.54) is 0 Å². The lowest BCUT2D eigenvalue weighted by Crippen LogP contribution is -1.95. The van der Waals surface area contributed by atoms with E-state index in [1.54, 1.807) is 19.4 Å². The molecule has 1 heterocycles. The molecule has 1 aromatic heterocycles. The van der Waals surface area contributed by atoms with E-state index in [2.05, 4.69) is 9.97 Å². The fraction of sp³-hybridized carbons (Fsp3) is 0.0833. The molecule has 2 aromatic rings. The van der Waals surface area contributed by atoms with Crippen LogP contribution >= 0.6 is 0 Å². The molecule has 16 heavy (non-hydrogen) atoms. The maximum Gasteiger partial charge on any atom is 0.168 e. The van der Waals surface area contributed by atoms with Crippen LogP contribution in [0.3, 0.4) is 0 Å². The number of carbonyl (C=O) groups is 1. The van der Waals surface area contributed by atoms with Gasteiger partial charge in [0.1, 0.15) is 11.4 Å². The summed E-state index contributed by atoms with van der Waals surface area (Å²) in [5.74, 6) is 1.17. The molecule has 0 fully saturated rings. The summed E-state index contributed by atoms with van der Waals surface area (Å²) in [6.07, 6.45) is 2.25. The lowest BCUT2D eigenvalue weighted by Gasteiger charge is -2.06. The van der Waals surface area contributed by atoms with E-state index in [0.717, 1.165) is 5.56 Å². The Hall–Kier alpha value is -2.23. The van der Waals surface area contributed by atoms with Crippen LogP contribution in [-0.2, 0) is 0 Å². The summed E-state index contributed by atoms with van der Waals surface area (Å²) in [6.45, 7) is 0. The van der Waals surface area contributed by atoms with Gasteiger partial charge in [-0.2, -0.15) is 0 Å². The van der Waals surface area contributed by atoms with E-state index in [4.69, 9.17) is 4.74 Å². The van der Waals surface area contributed by atoms with Crippen molar-refractivity contribution in [1.29, 1.82) is 0 Å². The number of hydrogen-bond acceptors (Lipinski definition) is 4. The SMILES string of the molecule is COc1ccccc1-c1nccc(C=O)n1. The molecule has 80 valence electrons. The molecule has 0 amide bonds. The zero-order valence-corrected chi connectivity index (χ0v) is 8.75. The van der Waals surface area contributed by atoms with Crippen LogP contribution in [0.2, 0.25) is 0 Å². The summed E-state index contributed by atoms with van der Waals surface area (Å²) in [4.78, 5) is 18.9. The predicted octanol–water partition coefficient (Wildman–Crippen LogP) is 1.96. The summed E-state index contributed by atoms with van der Waals surface area (Å²) < 4.78 is 5.20. The summed E-state index contributed by atoms with van der Waals surface area (Å²) in [5, 5.41) is 0. The normalized spacial score (nSPS) is 9.81. The molecule has 4 heteroatoms. The first-order valence-electron chi connectivity index (χ1n) is 4.77. The number of carbonyl (C=O) groups excluding carboxylic acids is 1. The highest BCUT2D eigenvalue weighted by Crippen LogP contribution is 2.26. The van der Waals surface area contributed by atoms with Crippen LogP contribution in [-0.4, -0.2) is 23.4 Å². The van der Waals surface area contributed by atoms with Crippen molar-refractivity contribution in [2.45, 2.75) is 0 Å². The molecule has 0 aliphatic rings. The Kier molecular flexibility index (Phi) is 2.91. The maximum atomic E-state index is 10.6. The number of methoxy groups -OCH3 is 1. The van der Waals surface area contributed by atoms with Gasteiger partial charge in [0.2, 0.25) is 0 Å². The average Bonchev–Trinajstić information content (AvgIpc) is 2.38. The van der Waals surface area contributed by atoms with Gasteiger partial charge in [-0.1, -0.05) is 12.1 Å². The molecular weight excluding hydrogens is 204 g/mol. The van der Waals surface area contributed by atoms with Crippen LogP contribution in [0.5, 0.6) is 5.75 Å². The lowest BCUT2D eigenvalue weighted by atomic mass is 10.2. The van der Waals surface area contributed by atoms with Crippen LogP contribution < -0.4 is 4.74 Å². The molecule has 0 saturated heterocycles. The number of ether oxygens (including phenoxy) is 1. The summed E-state index contributed by atoms with van der Waals surface area (Å²) >= 11 is 0. The number of hydrogen-bond donors (Lipinski definition) is 0. The van der Waals surface area contributed by atoms with Crippen molar-refractivity contribution in [3.8, 4) is 17.1 Å². The minimum atomic E-state index is 0.357. The number of aldehydes is 1. The van der Waals surface area contributed by atoms with E-state index in [-0.39, 0.29) is 0 Å². The van der Waals surface area contributed by atoms with Crippen molar-refractivity contribution >= 4 is 6.29 Å². The molecule has 2 rings (SSSR count). The molecule has 0 unspecified atom stereocenters. The third-order valence-corrected chi connectivity index (χ3v) is 2.15. The van der Waals surface area contributed by atoms with Gasteiger partial charge in [-0.3, -0.25) is 4.79 Å². The van der Waals surface area contributed by atoms with Gasteiger partial charge < -0.3 is 4.74 Å². The smallest absolute Gasteiger partial charge is 0.168 e. The van der Waals surface area contributed by atoms with E-state index in [1.807, 2.05) is 24.3 Å². The number of benzene rings is 1. The van der Waals surface area contributed by atoms with Crippen molar-refractivity contribution in [3.63, 3.8) is 0 Å². The van der Waals surface area contributed by atoms with Gasteiger partial charge in [-0.25, -0.2) is 9.97 Å². The quantitative estimate of drug-likeness (QED) is 0.733. The first-order chi connectivity index (χ1) is 7.85. The lowest BCUT2D eigenvalue weighted by molar-refractivity contribution is 0.111. The van der Waals surface area contributed by atoms with Crippen molar-refractivity contribution in [1.82, 2.24) is 9.97 Å². The number of rotatable bonds is 3. The Morgan fingerprint density at radius 3 is 2.81 bits per heavy atom. The fourth-order valence-electron chi connectivity index (χ4n) is 1.40. The van der Waals surface area contributed by atoms with E-state index in [9.17, 15) is 4.79 Å². The highest BCUT2D eigenvalue weighted by atomic mass is 16.5. The van der Waals surface area contributed by atoms with Crippen LogP contribution in [0.4, 0.5) is 0 Å². The second-order valence-electron chi connectivity index (χ2n) is 3.12. The molecule has 0 aliphatic heterocycles. The standard InChI is InChI=1S/C12H10N2O2/c1-16-11-5-3-2-4-10(11)12-13-7-6-9(8-15)14-12/h2-8H,1H3. The molecule has 0 bridgehead atoms. The molecule has 0 spiro atoms. The van der Waals surface area contributed by atoms with Crippen LogP contribution in [0, 0.1) is 0 Å². The Bertz CT molecular complexity index is 512. The van der Waals surface area contributed by atoms with Gasteiger partial charge in [0.25, 0.3) is 0 Å². The zero-order chi connectivity index (χ0) is 11.4. The topological polar surface area (TPSA) is 52.1 Å². The van der Waals surface area contributed by atoms with Gasteiger partial charge in [-0.15, -0.1) is 0 Å². The number of aromatic nitrogens is 2. The van der Waals surface area contributed by atoms with Crippen molar-refractivity contribution in [2.24, 2.45) is 0 Å². The third kappa shape index (κ3) is 1.91. The average molecular weight is 214 g/mol. The number of nitrogens with zero attached hydrogens (tertiary/aromatic N) is 2. The highest BCUT2D eigenvalue weighted by molar-refractivity contribution is 5.73. The molecular formula is C12H10N2O2. The Labute approximate surface area is 92.9 Å². The monoisotopic (exact) mass is 214 g/mol. The Morgan fingerprint density at radius 2 is 2.06 bits per heavy atom. The van der Waals surface area contributed by atoms with Gasteiger partial charge in [-0.05, 0) is 18.2 Å². The summed E-state index contributed by atoms with van der Waals surface area (Å²) in [6, 6.07) is 8.97. The molecule has 1 aromatic carbocycles. The molecule has 0 N–H and O–H groups in total. The Balaban J connectivity index is 2.53. The fourth-order valence-corrected chi connectivity index (χ4v) is 1.40. The second kappa shape index (κ2) is 4.53. The summed E-state index contributed by atoms with van der Waals surface area (Å²) in [7, 11) is 1.59.